The van der Waals surface area contributed by atoms with E-state index in [9.17, 15) is 188 Å². The van der Waals surface area contributed by atoms with Crippen LogP contribution in [0.25, 0.3) is 0 Å². The van der Waals surface area contributed by atoms with Gasteiger partial charge in [0.25, 0.3) is 0 Å². The second-order valence-electron chi connectivity index (χ2n) is 26.3. The van der Waals surface area contributed by atoms with Crippen molar-refractivity contribution in [3.05, 3.63) is 103 Å². The monoisotopic (exact) mass is 3340 g/mol. The van der Waals surface area contributed by atoms with Gasteiger partial charge in [0.2, 0.25) is 66.0 Å². The molecule has 5 rings (SSSR count). The number of hydrogen-bond acceptors (Lipinski definition) is 34. The SMILES string of the molecule is CC(=O)N(C)c1c(I)c(C(=O)OC(CS(=O)(=O)[O-])C(F)(F)F)c(I)c(N(C)C(C)=O)c1I.CC(=O)Nc1c(I)c(C(=O)OC(CS(=O)(=O)[O-])C(F)(F)F)c(I)c(N(C)C(C)=O)c1I.CC(=O)Nc1c(I)c(NC(C)=O)c(I)c(C(=O)OC(CS(=O)(=O)[O-])C(F)(F)F)c1I.CC(=O)Oc1cc(I)ccc1C(=O)OC(CS(=O)(=O)[O-])C(F)(F)F.COc1cc(I)ccc1C(=O)OC(CS(=O)(=O)[O-])C(F)(F)F. The third kappa shape index (κ3) is 43.8. The number of halogens is 26. The van der Waals surface area contributed by atoms with Crippen molar-refractivity contribution in [1.82, 2.24) is 0 Å². The van der Waals surface area contributed by atoms with Gasteiger partial charge in [-0.05, 0) is 285 Å². The van der Waals surface area contributed by atoms with Crippen molar-refractivity contribution in [3.63, 3.8) is 0 Å². The Bertz CT molecular complexity index is 6110. The number of carbonyl (C=O) groups excluding carboxylic acids is 12. The molecule has 71 heteroatoms. The summed E-state index contributed by atoms with van der Waals surface area (Å²) in [5.41, 5.74) is -1.68. The molecule has 780 valence electrons. The fraction of sp³-hybridized carbons (Fsp3) is 0.382. The average Bonchev–Trinajstić information content (AvgIpc) is 0.771. The van der Waals surface area contributed by atoms with Crippen molar-refractivity contribution in [2.24, 2.45) is 0 Å². The smallest absolute Gasteiger partial charge is 0.426 e. The number of anilines is 6. The Morgan fingerprint density at radius 3 is 0.748 bits per heavy atom. The molecule has 0 aliphatic carbocycles. The highest BCUT2D eigenvalue weighted by Crippen LogP contribution is 2.46. The van der Waals surface area contributed by atoms with Gasteiger partial charge in [0.05, 0.1) is 169 Å². The first-order chi connectivity index (χ1) is 62.4. The van der Waals surface area contributed by atoms with Crippen molar-refractivity contribution in [2.75, 3.05) is 87.7 Å². The van der Waals surface area contributed by atoms with Crippen LogP contribution in [0.2, 0.25) is 0 Å². The van der Waals surface area contributed by atoms with Crippen molar-refractivity contribution >= 4 is 404 Å². The van der Waals surface area contributed by atoms with E-state index in [4.69, 9.17) is 9.47 Å². The summed E-state index contributed by atoms with van der Waals surface area (Å²) >= 11 is 18.8. The molecule has 0 bridgehead atoms. The summed E-state index contributed by atoms with van der Waals surface area (Å²) in [7, 11) is -21.4. The maximum absolute atomic E-state index is 13.2. The van der Waals surface area contributed by atoms with Gasteiger partial charge in [-0.3, -0.25) is 33.6 Å². The van der Waals surface area contributed by atoms with Crippen molar-refractivity contribution in [3.8, 4) is 11.5 Å². The lowest BCUT2D eigenvalue weighted by Gasteiger charge is -2.28. The molecule has 0 saturated carbocycles. The number of nitrogens with one attached hydrogen (secondary N) is 3. The summed E-state index contributed by atoms with van der Waals surface area (Å²) < 4.78 is 388. The topological polar surface area (TPSA) is 601 Å². The molecule has 5 aromatic carbocycles. The number of hydrogen-bond donors (Lipinski definition) is 3. The molecule has 0 aliphatic rings. The quantitative estimate of drug-likeness (QED) is 0.0105. The molecular weight excluding hydrogens is 3290 g/mol. The van der Waals surface area contributed by atoms with E-state index < -0.39 is 234 Å². The molecule has 0 radical (unpaired) electrons. The molecule has 0 spiro atoms. The van der Waals surface area contributed by atoms with Crippen LogP contribution in [0.3, 0.4) is 0 Å². The Hall–Kier alpha value is -3.93. The normalized spacial score (nSPS) is 13.0. The third-order valence-electron chi connectivity index (χ3n) is 15.5. The maximum Gasteiger partial charge on any atom is 0.426 e. The first kappa shape index (κ1) is 133. The number of esters is 6. The Kier molecular flexibility index (Phi) is 52.0. The molecule has 5 atom stereocenters. The van der Waals surface area contributed by atoms with Crippen LogP contribution >= 0.6 is 248 Å². The molecule has 0 fully saturated rings. The van der Waals surface area contributed by atoms with Gasteiger partial charge >= 0.3 is 66.7 Å². The first-order valence-electron chi connectivity index (χ1n) is 34.9. The predicted octanol–water partition coefficient (Wildman–Crippen LogP) is 13.0. The summed E-state index contributed by atoms with van der Waals surface area (Å²) in [4.78, 5) is 147. The number of amides is 6. The van der Waals surface area contributed by atoms with Crippen LogP contribution in [0.15, 0.2) is 36.4 Å². The lowest BCUT2D eigenvalue weighted by atomic mass is 10.1. The fourth-order valence-corrected chi connectivity index (χ4v) is 27.2. The summed E-state index contributed by atoms with van der Waals surface area (Å²) in [5, 5.41) is 7.28. The first-order valence-corrected chi connectivity index (χ1v) is 54.7. The van der Waals surface area contributed by atoms with Gasteiger partial charge in [-0.1, -0.05) is 0 Å². The lowest BCUT2D eigenvalue weighted by Crippen LogP contribution is -2.40. The van der Waals surface area contributed by atoms with Gasteiger partial charge in [0, 0.05) is 76.7 Å². The van der Waals surface area contributed by atoms with Gasteiger partial charge < -0.3 is 86.6 Å². The maximum atomic E-state index is 13.2. The van der Waals surface area contributed by atoms with Crippen molar-refractivity contribution in [2.45, 2.75) is 110 Å². The molecule has 40 nitrogen and oxygen atoms in total. The zero-order valence-corrected chi connectivity index (χ0v) is 97.8. The number of methoxy groups -OCH3 is 1. The van der Waals surface area contributed by atoms with Crippen LogP contribution < -0.4 is 40.1 Å². The second kappa shape index (κ2) is 54.3. The largest absolute Gasteiger partial charge is 0.748 e. The van der Waals surface area contributed by atoms with Crippen LogP contribution in [-0.2, 0) is 108 Å². The minimum atomic E-state index is -5.38. The van der Waals surface area contributed by atoms with Gasteiger partial charge in [0.15, 0.2) is 0 Å². The molecule has 0 saturated heterocycles. The Morgan fingerprint density at radius 2 is 0.532 bits per heavy atom. The minimum absolute atomic E-state index is 0.00166. The summed E-state index contributed by atoms with van der Waals surface area (Å²) in [6.07, 6.45) is -42.2. The zero-order valence-electron chi connectivity index (χ0n) is 70.0. The molecule has 0 heterocycles. The standard InChI is InChI=1S/C16H16F3I3N2O7S.C15H14F3I3N2O7S.C14H12F3I3N2O7S.C12H10F3IO7S.C11H10F3IO6S/c1-6(25)23(3)13-10(20)9(11(21)14(12(13)22)24(4)7(2)26)15(27)31-8(16(17,18)19)5-32(28,29)30;1-5(24)22-12-9(19)8(10(20)13(11(12)21)23(3)6(2)25)14(26)30-7(15(16,17)18)4-31(27,28)29;1-4(23)21-11-8(18)7(9(19)12(10(11)20)22-5(2)24)13(25)29-6(14(15,16)17)3-30(26,27)28;1-6(17)22-9-4-7(16)2-3-8(9)11(18)23-10(12(13,14)15)5-24(19,20)21;1-20-8-4-6(15)2-3-7(8)10(16)21-9(11(12,13)14)5-22(17,18)19/h8H,5H2,1-4H3,(H,28,29,30);7H,4H2,1-3H3,(H,22,24)(H,27,28,29);6H,3H2,1-2H3,(H,21,23)(H,22,24)(H,26,27,28);2-4,10H,5H2,1H3,(H,19,20,21);2-4,9H,5H2,1H3,(H,17,18,19)/p-5. The van der Waals surface area contributed by atoms with E-state index in [1.54, 1.807) is 203 Å². The number of rotatable bonds is 28. The average molecular weight is 3340 g/mol. The van der Waals surface area contributed by atoms with Crippen LogP contribution in [0.4, 0.5) is 100.0 Å². The summed E-state index contributed by atoms with van der Waals surface area (Å²) in [6.45, 7) is 8.12. The van der Waals surface area contributed by atoms with Crippen LogP contribution in [0.1, 0.15) is 100 Å². The highest BCUT2D eigenvalue weighted by Gasteiger charge is 2.50. The highest BCUT2D eigenvalue weighted by molar-refractivity contribution is 14.1. The van der Waals surface area contributed by atoms with E-state index in [0.717, 1.165) is 48.5 Å². The van der Waals surface area contributed by atoms with Gasteiger partial charge in [-0.2, -0.15) is 65.9 Å². The second-order valence-corrected chi connectivity index (χ2v) is 45.7. The molecule has 0 aromatic heterocycles. The number of benzene rings is 5. The number of ether oxygens (including phenoxy) is 7. The zero-order chi connectivity index (χ0) is 109. The number of nitrogens with zero attached hydrogens (tertiary/aromatic N) is 3. The van der Waals surface area contributed by atoms with Gasteiger partial charge in [-0.25, -0.2) is 66.1 Å². The van der Waals surface area contributed by atoms with Crippen LogP contribution in [0.5, 0.6) is 11.5 Å². The van der Waals surface area contributed by atoms with Crippen LogP contribution in [0, 0.1) is 39.3 Å². The predicted molar refractivity (Wildman–Crippen MR) is 539 cm³/mol. The summed E-state index contributed by atoms with van der Waals surface area (Å²) in [6, 6.07) is 7.54. The fourth-order valence-electron chi connectivity index (χ4n) is 9.29. The van der Waals surface area contributed by atoms with E-state index in [1.165, 1.54) is 79.4 Å². The molecule has 139 heavy (non-hydrogen) atoms. The molecule has 0 aliphatic heterocycles. The van der Waals surface area contributed by atoms with E-state index in [0.29, 0.717) is 14.3 Å². The Morgan fingerprint density at radius 1 is 0.324 bits per heavy atom. The highest BCUT2D eigenvalue weighted by atomic mass is 127. The Labute approximate surface area is 926 Å². The van der Waals surface area contributed by atoms with E-state index in [-0.39, 0.29) is 76.2 Å². The van der Waals surface area contributed by atoms with E-state index in [2.05, 4.69) is 39.6 Å². The number of carbonyl (C=O) groups is 12. The molecule has 5 unspecified atom stereocenters. The molecular formula is C68H57F15I11N6O34S5-5. The van der Waals surface area contributed by atoms with Gasteiger partial charge in [-0.15, -0.1) is 0 Å². The molecule has 3 N–H and O–H groups in total. The number of alkyl halides is 15. The van der Waals surface area contributed by atoms with Crippen molar-refractivity contribution < 1.29 is 221 Å². The van der Waals surface area contributed by atoms with E-state index >= 15 is 0 Å². The minimum Gasteiger partial charge on any atom is -0.748 e. The third-order valence-corrected chi connectivity index (χ3v) is 29.9. The van der Waals surface area contributed by atoms with Crippen molar-refractivity contribution in [1.29, 1.82) is 0 Å². The Balaban J connectivity index is 0.000000874. The van der Waals surface area contributed by atoms with Gasteiger partial charge in [0.1, 0.15) is 22.6 Å². The lowest BCUT2D eigenvalue weighted by molar-refractivity contribution is -0.197. The summed E-state index contributed by atoms with van der Waals surface area (Å²) in [5.74, 6) is -22.0. The molecule has 6 amide bonds. The van der Waals surface area contributed by atoms with Crippen LogP contribution in [-0.4, -0.2) is 255 Å². The molecule has 5 aromatic rings. The van der Waals surface area contributed by atoms with E-state index in [1.807, 2.05) is 45.2 Å².